The predicted molar refractivity (Wildman–Crippen MR) is 76.9 cm³/mol. The Morgan fingerprint density at radius 2 is 1.83 bits per heavy atom. The lowest BCUT2D eigenvalue weighted by atomic mass is 10.2. The van der Waals surface area contributed by atoms with E-state index in [1.165, 1.54) is 10.3 Å². The number of nitrogens with one attached hydrogen (secondary N) is 1. The van der Waals surface area contributed by atoms with Crippen molar-refractivity contribution in [2.24, 2.45) is 0 Å². The van der Waals surface area contributed by atoms with E-state index in [2.05, 4.69) is 52.8 Å². The molecule has 18 heavy (non-hydrogen) atoms. The summed E-state index contributed by atoms with van der Waals surface area (Å²) in [4.78, 5) is 9.39. The van der Waals surface area contributed by atoms with Crippen LogP contribution in [0.3, 0.4) is 0 Å². The molecular formula is C15H10N2S. The van der Waals surface area contributed by atoms with Crippen molar-refractivity contribution in [2.45, 2.75) is 0 Å². The molecule has 1 aromatic carbocycles. The molecule has 0 radical (unpaired) electrons. The highest BCUT2D eigenvalue weighted by Gasteiger charge is 2.07. The predicted octanol–water partition coefficient (Wildman–Crippen LogP) is 4.44. The standard InChI is InChI=1S/C15H10N2S/c1-2-5-11-10(4-1)15-13(16-11)8-7-12(17-15)14-6-3-9-18-14/h1-9,16H. The summed E-state index contributed by atoms with van der Waals surface area (Å²) in [7, 11) is 0. The minimum absolute atomic E-state index is 1.04. The molecule has 0 bridgehead atoms. The van der Waals surface area contributed by atoms with Crippen molar-refractivity contribution < 1.29 is 0 Å². The molecule has 2 nitrogen and oxygen atoms in total. The maximum atomic E-state index is 4.78. The van der Waals surface area contributed by atoms with Crippen LogP contribution in [0.15, 0.2) is 53.9 Å². The summed E-state index contributed by atoms with van der Waals surface area (Å²) >= 11 is 1.72. The van der Waals surface area contributed by atoms with E-state index in [0.29, 0.717) is 0 Å². The maximum absolute atomic E-state index is 4.78. The average molecular weight is 250 g/mol. The van der Waals surface area contributed by atoms with E-state index in [4.69, 9.17) is 4.98 Å². The lowest BCUT2D eigenvalue weighted by Crippen LogP contribution is -1.80. The van der Waals surface area contributed by atoms with Crippen LogP contribution in [-0.2, 0) is 0 Å². The summed E-state index contributed by atoms with van der Waals surface area (Å²) in [6, 6.07) is 16.6. The topological polar surface area (TPSA) is 28.7 Å². The Morgan fingerprint density at radius 1 is 0.889 bits per heavy atom. The van der Waals surface area contributed by atoms with Crippen LogP contribution in [-0.4, -0.2) is 9.97 Å². The largest absolute Gasteiger partial charge is 0.353 e. The van der Waals surface area contributed by atoms with Gasteiger partial charge in [0.1, 0.15) is 0 Å². The number of aromatic amines is 1. The van der Waals surface area contributed by atoms with Crippen LogP contribution >= 0.6 is 11.3 Å². The van der Waals surface area contributed by atoms with Gasteiger partial charge in [-0.15, -0.1) is 11.3 Å². The van der Waals surface area contributed by atoms with Crippen molar-refractivity contribution in [2.75, 3.05) is 0 Å². The summed E-state index contributed by atoms with van der Waals surface area (Å²) < 4.78 is 0. The number of pyridine rings is 1. The Labute approximate surface area is 108 Å². The maximum Gasteiger partial charge on any atom is 0.0965 e. The van der Waals surface area contributed by atoms with Crippen molar-refractivity contribution in [1.29, 1.82) is 0 Å². The summed E-state index contributed by atoms with van der Waals surface area (Å²) in [5.41, 5.74) is 4.33. The molecule has 0 fully saturated rings. The second-order valence-corrected chi connectivity index (χ2v) is 5.19. The second-order valence-electron chi connectivity index (χ2n) is 4.24. The second kappa shape index (κ2) is 3.68. The van der Waals surface area contributed by atoms with E-state index in [1.807, 2.05) is 6.07 Å². The molecule has 0 saturated heterocycles. The molecule has 86 valence electrons. The van der Waals surface area contributed by atoms with Gasteiger partial charge in [-0.2, -0.15) is 0 Å². The van der Waals surface area contributed by atoms with Crippen LogP contribution in [0.4, 0.5) is 0 Å². The third-order valence-corrected chi connectivity index (χ3v) is 4.01. The molecule has 0 unspecified atom stereocenters. The van der Waals surface area contributed by atoms with Gasteiger partial charge in [0.05, 0.1) is 21.6 Å². The zero-order valence-corrected chi connectivity index (χ0v) is 10.4. The minimum Gasteiger partial charge on any atom is -0.353 e. The number of rotatable bonds is 1. The van der Waals surface area contributed by atoms with Crippen molar-refractivity contribution in [3.8, 4) is 10.6 Å². The van der Waals surface area contributed by atoms with Gasteiger partial charge >= 0.3 is 0 Å². The molecule has 4 rings (SSSR count). The number of H-pyrrole nitrogens is 1. The Morgan fingerprint density at radius 3 is 2.72 bits per heavy atom. The Kier molecular flexibility index (Phi) is 2.02. The summed E-state index contributed by atoms with van der Waals surface area (Å²) in [6.45, 7) is 0. The number of benzene rings is 1. The van der Waals surface area contributed by atoms with Crippen LogP contribution in [0.25, 0.3) is 32.5 Å². The van der Waals surface area contributed by atoms with Gasteiger partial charge in [-0.3, -0.25) is 0 Å². The average Bonchev–Trinajstić information content (AvgIpc) is 3.05. The monoisotopic (exact) mass is 250 g/mol. The highest BCUT2D eigenvalue weighted by atomic mass is 32.1. The van der Waals surface area contributed by atoms with Gasteiger partial charge in [0.2, 0.25) is 0 Å². The van der Waals surface area contributed by atoms with E-state index in [-0.39, 0.29) is 0 Å². The van der Waals surface area contributed by atoms with Crippen LogP contribution in [0, 0.1) is 0 Å². The fourth-order valence-corrected chi connectivity index (χ4v) is 2.97. The molecule has 3 aromatic heterocycles. The molecule has 1 N–H and O–H groups in total. The first-order chi connectivity index (χ1) is 8.92. The molecule has 0 saturated carbocycles. The lowest BCUT2D eigenvalue weighted by Gasteiger charge is -1.97. The Hall–Kier alpha value is -2.13. The van der Waals surface area contributed by atoms with E-state index < -0.39 is 0 Å². The van der Waals surface area contributed by atoms with Crippen LogP contribution in [0.2, 0.25) is 0 Å². The molecule has 0 amide bonds. The molecule has 3 heterocycles. The summed E-state index contributed by atoms with van der Waals surface area (Å²) in [5.74, 6) is 0. The summed E-state index contributed by atoms with van der Waals surface area (Å²) in [5, 5.41) is 3.27. The number of thiophene rings is 1. The first kappa shape index (κ1) is 9.85. The first-order valence-corrected chi connectivity index (χ1v) is 6.71. The van der Waals surface area contributed by atoms with Gasteiger partial charge in [-0.25, -0.2) is 4.98 Å². The number of hydrogen-bond acceptors (Lipinski definition) is 2. The van der Waals surface area contributed by atoms with Crippen LogP contribution < -0.4 is 0 Å². The lowest BCUT2D eigenvalue weighted by molar-refractivity contribution is 1.42. The van der Waals surface area contributed by atoms with Crippen LogP contribution in [0.1, 0.15) is 0 Å². The number of hydrogen-bond donors (Lipinski definition) is 1. The Balaban J connectivity index is 2.07. The normalized spacial score (nSPS) is 11.3. The van der Waals surface area contributed by atoms with E-state index in [0.717, 1.165) is 22.2 Å². The highest BCUT2D eigenvalue weighted by molar-refractivity contribution is 7.13. The molecule has 4 aromatic rings. The third kappa shape index (κ3) is 1.38. The van der Waals surface area contributed by atoms with Gasteiger partial charge in [-0.05, 0) is 29.6 Å². The van der Waals surface area contributed by atoms with Crippen molar-refractivity contribution in [3.63, 3.8) is 0 Å². The van der Waals surface area contributed by atoms with E-state index in [9.17, 15) is 0 Å². The SMILES string of the molecule is c1csc(-c2ccc3[nH]c4ccccc4c3n2)c1. The third-order valence-electron chi connectivity index (χ3n) is 3.12. The molecule has 0 atom stereocenters. The van der Waals surface area contributed by atoms with Gasteiger partial charge in [0.15, 0.2) is 0 Å². The van der Waals surface area contributed by atoms with E-state index in [1.54, 1.807) is 11.3 Å². The molecule has 3 heteroatoms. The molecule has 0 aliphatic carbocycles. The summed E-state index contributed by atoms with van der Waals surface area (Å²) in [6.07, 6.45) is 0. The molecule has 0 spiro atoms. The minimum atomic E-state index is 1.04. The van der Waals surface area contributed by atoms with E-state index >= 15 is 0 Å². The first-order valence-electron chi connectivity index (χ1n) is 5.83. The molecule has 0 aliphatic heterocycles. The number of fused-ring (bicyclic) bond motifs is 3. The zero-order chi connectivity index (χ0) is 11.9. The number of nitrogens with zero attached hydrogens (tertiary/aromatic N) is 1. The van der Waals surface area contributed by atoms with Gasteiger partial charge in [0.25, 0.3) is 0 Å². The molecular weight excluding hydrogens is 240 g/mol. The van der Waals surface area contributed by atoms with Gasteiger partial charge in [0, 0.05) is 10.9 Å². The van der Waals surface area contributed by atoms with Gasteiger partial charge in [-0.1, -0.05) is 24.3 Å². The van der Waals surface area contributed by atoms with Crippen LogP contribution in [0.5, 0.6) is 0 Å². The zero-order valence-electron chi connectivity index (χ0n) is 9.55. The quantitative estimate of drug-likeness (QED) is 0.531. The van der Waals surface area contributed by atoms with Crippen molar-refractivity contribution in [1.82, 2.24) is 9.97 Å². The van der Waals surface area contributed by atoms with Crippen molar-refractivity contribution >= 4 is 33.3 Å². The number of aromatic nitrogens is 2. The number of para-hydroxylation sites is 1. The smallest absolute Gasteiger partial charge is 0.0965 e. The van der Waals surface area contributed by atoms with Crippen molar-refractivity contribution in [3.05, 3.63) is 53.9 Å². The Bertz CT molecular complexity index is 828. The molecule has 0 aliphatic rings. The fraction of sp³-hybridized carbons (Fsp3) is 0. The van der Waals surface area contributed by atoms with Gasteiger partial charge < -0.3 is 4.98 Å². The fourth-order valence-electron chi connectivity index (χ4n) is 2.27. The highest BCUT2D eigenvalue weighted by Crippen LogP contribution is 2.28.